The van der Waals surface area contributed by atoms with Crippen LogP contribution in [0.5, 0.6) is 0 Å². The second-order valence-corrected chi connectivity index (χ2v) is 20.4. The Morgan fingerprint density at radius 1 is 0.460 bits per heavy atom. The summed E-state index contributed by atoms with van der Waals surface area (Å²) in [6, 6.07) is 40.9. The van der Waals surface area contributed by atoms with Gasteiger partial charge in [-0.3, -0.25) is 19.5 Å². The highest BCUT2D eigenvalue weighted by atomic mass is 32.2. The Morgan fingerprint density at radius 2 is 0.683 bits per heavy atom. The van der Waals surface area contributed by atoms with Crippen LogP contribution in [0.1, 0.15) is 121 Å². The number of hydrogen-bond donors (Lipinski definition) is 7. The van der Waals surface area contributed by atoms with Gasteiger partial charge in [0.1, 0.15) is 0 Å². The van der Waals surface area contributed by atoms with Crippen LogP contribution in [0.4, 0.5) is 0 Å². The molecule has 4 aromatic rings. The van der Waals surface area contributed by atoms with E-state index in [1.54, 1.807) is 0 Å². The van der Waals surface area contributed by atoms with Crippen LogP contribution >= 0.6 is 11.8 Å². The molecule has 7 N–H and O–H groups in total. The molecule has 0 spiro atoms. The van der Waals surface area contributed by atoms with E-state index in [2.05, 4.69) is 76.2 Å². The predicted molar refractivity (Wildman–Crippen MR) is 263 cm³/mol. The number of hydrogen-bond acceptors (Lipinski definition) is 9. The Bertz CT molecular complexity index is 1630. The summed E-state index contributed by atoms with van der Waals surface area (Å²) in [5, 5.41) is 58.9. The molecule has 63 heavy (non-hydrogen) atoms. The third kappa shape index (κ3) is 21.9. The lowest BCUT2D eigenvalue weighted by Gasteiger charge is -2.28. The number of unbranched alkanes of at least 4 members (excludes halogenated alkanes) is 2. The van der Waals surface area contributed by atoms with Crippen molar-refractivity contribution in [3.05, 3.63) is 144 Å². The molecule has 0 aliphatic heterocycles. The molecular formula is C52H78O9S2. The molecule has 352 valence electrons. The topological polar surface area (TPSA) is 176 Å². The quantitative estimate of drug-likeness (QED) is 0.0182. The standard InChI is InChI=1S/C26H38O2S.C24H34O3S.C2H4O2.H2O2/c1-25(21-27,23-13-5-3-6-14-23)17-9-11-19-29-20-12-10-18-26(2,22-28)24-15-7-4-8-16-24;1-23(19-25,21-11-5-3-6-12-21)15-9-17-28(27)18-10-16-24(2,20-26)22-13-7-4-8-14-22;1-2(3)4;1-2/h3-8,13-16,27-28H,9-12,17-22H2,1-2H3;3-8,11-14,25-26H,9-10,15-20H2,1-2H3;1H3,(H,3,4);1-2H. The maximum absolute atomic E-state index is 12.5. The van der Waals surface area contributed by atoms with Crippen LogP contribution in [0.2, 0.25) is 0 Å². The number of carboxylic acid groups (broad SMARTS) is 1. The number of carboxylic acids is 1. The number of rotatable bonds is 26. The zero-order valence-corrected chi connectivity index (χ0v) is 40.2. The fourth-order valence-electron chi connectivity index (χ4n) is 7.51. The normalized spacial score (nSPS) is 15.2. The van der Waals surface area contributed by atoms with E-state index >= 15 is 0 Å². The summed E-state index contributed by atoms with van der Waals surface area (Å²) < 4.78 is 12.5. The lowest BCUT2D eigenvalue weighted by atomic mass is 9.79. The average molecular weight is 911 g/mol. The summed E-state index contributed by atoms with van der Waals surface area (Å²) in [6.07, 6.45) is 10.0. The van der Waals surface area contributed by atoms with Gasteiger partial charge in [-0.25, -0.2) is 0 Å². The Kier molecular flexibility index (Phi) is 29.5. The molecule has 4 rings (SSSR count). The van der Waals surface area contributed by atoms with Crippen molar-refractivity contribution in [1.29, 1.82) is 0 Å². The fourth-order valence-corrected chi connectivity index (χ4v) is 9.67. The first-order valence-corrected chi connectivity index (χ1v) is 24.8. The van der Waals surface area contributed by atoms with Gasteiger partial charge in [-0.05, 0) is 85.1 Å². The largest absolute Gasteiger partial charge is 0.481 e. The molecule has 0 saturated heterocycles. The molecule has 0 bridgehead atoms. The van der Waals surface area contributed by atoms with Crippen LogP contribution < -0.4 is 0 Å². The van der Waals surface area contributed by atoms with E-state index in [0.29, 0.717) is 11.5 Å². The Morgan fingerprint density at radius 3 is 0.905 bits per heavy atom. The molecule has 0 fully saturated rings. The molecule has 9 nitrogen and oxygen atoms in total. The molecule has 0 heterocycles. The van der Waals surface area contributed by atoms with Gasteiger partial charge in [0.05, 0.1) is 26.4 Å². The smallest absolute Gasteiger partial charge is 0.300 e. The van der Waals surface area contributed by atoms with Crippen molar-refractivity contribution in [3.63, 3.8) is 0 Å². The van der Waals surface area contributed by atoms with Crippen LogP contribution in [0.15, 0.2) is 121 Å². The van der Waals surface area contributed by atoms with Crippen LogP contribution in [0.3, 0.4) is 0 Å². The predicted octanol–water partition coefficient (Wildman–Crippen LogP) is 10.3. The highest BCUT2D eigenvalue weighted by Gasteiger charge is 2.28. The SMILES string of the molecule is CC(=O)O.CC(CO)(CCCCSCCCCC(C)(CO)c1ccccc1)c1ccccc1.CC(CO)(CCCS(=O)CCCC(C)(CO)c1ccccc1)c1ccccc1.OO. The van der Waals surface area contributed by atoms with Gasteiger partial charge in [0.25, 0.3) is 5.97 Å². The number of thioether (sulfide) groups is 1. The van der Waals surface area contributed by atoms with E-state index < -0.39 is 16.8 Å². The van der Waals surface area contributed by atoms with Crippen molar-refractivity contribution >= 4 is 28.5 Å². The van der Waals surface area contributed by atoms with Crippen molar-refractivity contribution in [3.8, 4) is 0 Å². The van der Waals surface area contributed by atoms with Crippen molar-refractivity contribution in [1.82, 2.24) is 0 Å². The lowest BCUT2D eigenvalue weighted by Crippen LogP contribution is -2.28. The number of carbonyl (C=O) groups is 1. The summed E-state index contributed by atoms with van der Waals surface area (Å²) in [6.45, 7) is 10.1. The first-order chi connectivity index (χ1) is 30.2. The maximum atomic E-state index is 12.5. The van der Waals surface area contributed by atoms with Crippen LogP contribution in [-0.4, -0.2) is 95.7 Å². The second kappa shape index (κ2) is 32.3. The highest BCUT2D eigenvalue weighted by molar-refractivity contribution is 7.99. The average Bonchev–Trinajstić information content (AvgIpc) is 3.32. The fraction of sp³-hybridized carbons (Fsp3) is 0.519. The molecule has 4 aromatic carbocycles. The zero-order valence-electron chi connectivity index (χ0n) is 38.5. The molecule has 0 aliphatic carbocycles. The maximum Gasteiger partial charge on any atom is 0.300 e. The minimum absolute atomic E-state index is 0.0928. The summed E-state index contributed by atoms with van der Waals surface area (Å²) in [4.78, 5) is 9.00. The van der Waals surface area contributed by atoms with Crippen molar-refractivity contribution in [2.75, 3.05) is 49.4 Å². The Hall–Kier alpha value is -3.39. The third-order valence-electron chi connectivity index (χ3n) is 12.0. The summed E-state index contributed by atoms with van der Waals surface area (Å²) >= 11 is 2.04. The lowest BCUT2D eigenvalue weighted by molar-refractivity contribution is -0.176. The van der Waals surface area contributed by atoms with Gasteiger partial charge >= 0.3 is 0 Å². The van der Waals surface area contributed by atoms with Gasteiger partial charge in [0, 0.05) is 50.9 Å². The monoisotopic (exact) mass is 911 g/mol. The minimum Gasteiger partial charge on any atom is -0.481 e. The van der Waals surface area contributed by atoms with Gasteiger partial charge in [0.15, 0.2) is 0 Å². The van der Waals surface area contributed by atoms with Gasteiger partial charge in [-0.15, -0.1) is 0 Å². The summed E-state index contributed by atoms with van der Waals surface area (Å²) in [5.41, 5.74) is 3.91. The molecule has 0 radical (unpaired) electrons. The van der Waals surface area contributed by atoms with E-state index in [0.717, 1.165) is 69.4 Å². The Balaban J connectivity index is 0.000000560. The van der Waals surface area contributed by atoms with Crippen LogP contribution in [-0.2, 0) is 37.3 Å². The van der Waals surface area contributed by atoms with Crippen molar-refractivity contribution in [2.45, 2.75) is 120 Å². The number of benzene rings is 4. The molecular weight excluding hydrogens is 833 g/mol. The van der Waals surface area contributed by atoms with Crippen LogP contribution in [0.25, 0.3) is 0 Å². The Labute approximate surface area is 385 Å². The zero-order chi connectivity index (χ0) is 47.0. The number of aliphatic carboxylic acids is 1. The minimum atomic E-state index is -0.869. The number of aliphatic hydroxyl groups is 4. The van der Waals surface area contributed by atoms with Crippen molar-refractivity contribution < 1.29 is 45.1 Å². The highest BCUT2D eigenvalue weighted by Crippen LogP contribution is 2.32. The second-order valence-electron chi connectivity index (χ2n) is 17.4. The first kappa shape index (κ1) is 57.6. The van der Waals surface area contributed by atoms with Gasteiger partial charge in [-0.2, -0.15) is 11.8 Å². The van der Waals surface area contributed by atoms with E-state index in [1.807, 2.05) is 84.6 Å². The summed E-state index contributed by atoms with van der Waals surface area (Å²) in [5.74, 6) is 2.85. The van der Waals surface area contributed by atoms with E-state index in [1.165, 1.54) is 35.5 Å². The molecule has 4 atom stereocenters. The van der Waals surface area contributed by atoms with Gasteiger partial charge in [-0.1, -0.05) is 162 Å². The molecule has 4 unspecified atom stereocenters. The number of aliphatic hydroxyl groups excluding tert-OH is 4. The molecule has 0 amide bonds. The molecule has 11 heteroatoms. The first-order valence-electron chi connectivity index (χ1n) is 22.2. The summed E-state index contributed by atoms with van der Waals surface area (Å²) in [7, 11) is -0.869. The van der Waals surface area contributed by atoms with E-state index in [-0.39, 0.29) is 48.1 Å². The molecule has 0 aromatic heterocycles. The van der Waals surface area contributed by atoms with Crippen molar-refractivity contribution in [2.24, 2.45) is 0 Å². The van der Waals surface area contributed by atoms with Gasteiger partial charge < -0.3 is 25.5 Å². The van der Waals surface area contributed by atoms with E-state index in [4.69, 9.17) is 20.4 Å². The van der Waals surface area contributed by atoms with E-state index in [9.17, 15) is 24.6 Å². The molecule has 0 saturated carbocycles. The van der Waals surface area contributed by atoms with Gasteiger partial charge in [0.2, 0.25) is 0 Å². The third-order valence-corrected chi connectivity index (χ3v) is 14.7. The van der Waals surface area contributed by atoms with Crippen LogP contribution in [0, 0.1) is 0 Å². The molecule has 0 aliphatic rings.